The lowest BCUT2D eigenvalue weighted by molar-refractivity contribution is 0.586. The molecule has 0 spiro atoms. The van der Waals surface area contributed by atoms with Crippen molar-refractivity contribution < 1.29 is 4.21 Å². The highest BCUT2D eigenvalue weighted by molar-refractivity contribution is 7.83. The van der Waals surface area contributed by atoms with Gasteiger partial charge in [-0.05, 0) is 50.3 Å². The summed E-state index contributed by atoms with van der Waals surface area (Å²) < 4.78 is 15.1. The average Bonchev–Trinajstić information content (AvgIpc) is 3.00. The number of rotatable bonds is 4. The lowest BCUT2D eigenvalue weighted by atomic mass is 10.2. The first-order valence-corrected chi connectivity index (χ1v) is 6.56. The summed E-state index contributed by atoms with van der Waals surface area (Å²) in [5, 5.41) is 0. The molecular weight excluding hydrogens is 206 g/mol. The standard InChI is InChI=1S/C12H17NOS/c1-9-4-3-5-12(8-9)15(14)13-10(2)11-6-7-11/h3-5,8,10-11,13H,6-7H2,1-2H3. The van der Waals surface area contributed by atoms with Gasteiger partial charge in [-0.3, -0.25) is 0 Å². The van der Waals surface area contributed by atoms with Crippen LogP contribution in [0.15, 0.2) is 29.2 Å². The van der Waals surface area contributed by atoms with Crippen molar-refractivity contribution in [1.29, 1.82) is 0 Å². The van der Waals surface area contributed by atoms with E-state index in [9.17, 15) is 4.21 Å². The van der Waals surface area contributed by atoms with E-state index in [-0.39, 0.29) is 0 Å². The molecule has 2 rings (SSSR count). The van der Waals surface area contributed by atoms with Crippen LogP contribution in [0.2, 0.25) is 0 Å². The van der Waals surface area contributed by atoms with Gasteiger partial charge < -0.3 is 0 Å². The van der Waals surface area contributed by atoms with Crippen LogP contribution in [0.4, 0.5) is 0 Å². The van der Waals surface area contributed by atoms with Crippen molar-refractivity contribution in [1.82, 2.24) is 4.72 Å². The van der Waals surface area contributed by atoms with Crippen LogP contribution < -0.4 is 4.72 Å². The van der Waals surface area contributed by atoms with Gasteiger partial charge in [-0.25, -0.2) is 8.93 Å². The zero-order valence-corrected chi connectivity index (χ0v) is 10.0. The number of hydrogen-bond acceptors (Lipinski definition) is 1. The molecule has 2 unspecified atom stereocenters. The summed E-state index contributed by atoms with van der Waals surface area (Å²) in [7, 11) is -1.05. The lowest BCUT2D eigenvalue weighted by Gasteiger charge is -2.12. The molecule has 0 saturated heterocycles. The molecule has 1 N–H and O–H groups in total. The summed E-state index contributed by atoms with van der Waals surface area (Å²) in [6.07, 6.45) is 2.55. The molecule has 0 aliphatic heterocycles. The van der Waals surface area contributed by atoms with E-state index in [2.05, 4.69) is 11.6 Å². The molecule has 1 aromatic rings. The Hall–Kier alpha value is -0.670. The molecule has 1 fully saturated rings. The van der Waals surface area contributed by atoms with E-state index >= 15 is 0 Å². The highest BCUT2D eigenvalue weighted by Crippen LogP contribution is 2.32. The highest BCUT2D eigenvalue weighted by Gasteiger charge is 2.28. The third-order valence-electron chi connectivity index (χ3n) is 2.83. The van der Waals surface area contributed by atoms with Gasteiger partial charge >= 0.3 is 0 Å². The van der Waals surface area contributed by atoms with Crippen LogP contribution in [0.1, 0.15) is 25.3 Å². The van der Waals surface area contributed by atoms with Crippen LogP contribution in [0.3, 0.4) is 0 Å². The van der Waals surface area contributed by atoms with Crippen molar-refractivity contribution in [3.05, 3.63) is 29.8 Å². The topological polar surface area (TPSA) is 29.1 Å². The highest BCUT2D eigenvalue weighted by atomic mass is 32.2. The predicted molar refractivity (Wildman–Crippen MR) is 62.9 cm³/mol. The lowest BCUT2D eigenvalue weighted by Crippen LogP contribution is -2.29. The number of aryl methyl sites for hydroxylation is 1. The SMILES string of the molecule is Cc1cccc(S(=O)NC(C)C2CC2)c1. The van der Waals surface area contributed by atoms with Crippen molar-refractivity contribution in [3.63, 3.8) is 0 Å². The first-order chi connectivity index (χ1) is 7.16. The Morgan fingerprint density at radius 1 is 1.47 bits per heavy atom. The van der Waals surface area contributed by atoms with Crippen molar-refractivity contribution in [2.45, 2.75) is 37.6 Å². The fourth-order valence-electron chi connectivity index (χ4n) is 1.66. The fourth-order valence-corrected chi connectivity index (χ4v) is 2.82. The smallest absolute Gasteiger partial charge is 0.125 e. The molecule has 82 valence electrons. The monoisotopic (exact) mass is 223 g/mol. The first kappa shape index (κ1) is 10.8. The second-order valence-corrected chi connectivity index (χ2v) is 5.57. The molecule has 3 heteroatoms. The third-order valence-corrected chi connectivity index (χ3v) is 4.09. The Bertz CT molecular complexity index is 374. The Kier molecular flexibility index (Phi) is 3.22. The summed E-state index contributed by atoms with van der Waals surface area (Å²) in [6.45, 7) is 4.14. The minimum Gasteiger partial charge on any atom is -0.237 e. The Morgan fingerprint density at radius 3 is 2.80 bits per heavy atom. The van der Waals surface area contributed by atoms with Crippen molar-refractivity contribution in [2.75, 3.05) is 0 Å². The molecule has 15 heavy (non-hydrogen) atoms. The molecule has 1 aliphatic carbocycles. The van der Waals surface area contributed by atoms with E-state index in [0.29, 0.717) is 6.04 Å². The molecule has 0 bridgehead atoms. The Balaban J connectivity index is 2.00. The van der Waals surface area contributed by atoms with Crippen LogP contribution >= 0.6 is 0 Å². The fraction of sp³-hybridized carbons (Fsp3) is 0.500. The predicted octanol–water partition coefficient (Wildman–Crippen LogP) is 2.41. The van der Waals surface area contributed by atoms with E-state index in [0.717, 1.165) is 16.4 Å². The van der Waals surface area contributed by atoms with Crippen molar-refractivity contribution in [2.24, 2.45) is 5.92 Å². The summed E-state index contributed by atoms with van der Waals surface area (Å²) in [6, 6.07) is 8.22. The number of nitrogens with one attached hydrogen (secondary N) is 1. The molecule has 0 radical (unpaired) electrons. The molecule has 0 aromatic heterocycles. The van der Waals surface area contributed by atoms with Crippen LogP contribution in [-0.4, -0.2) is 10.3 Å². The van der Waals surface area contributed by atoms with Gasteiger partial charge in [0.1, 0.15) is 11.0 Å². The van der Waals surface area contributed by atoms with Gasteiger partial charge in [-0.15, -0.1) is 0 Å². The van der Waals surface area contributed by atoms with Gasteiger partial charge in [0.25, 0.3) is 0 Å². The van der Waals surface area contributed by atoms with Crippen LogP contribution in [0.25, 0.3) is 0 Å². The van der Waals surface area contributed by atoms with Gasteiger partial charge in [-0.2, -0.15) is 0 Å². The van der Waals surface area contributed by atoms with Gasteiger partial charge in [-0.1, -0.05) is 12.1 Å². The van der Waals surface area contributed by atoms with E-state index in [1.54, 1.807) is 0 Å². The summed E-state index contributed by atoms with van der Waals surface area (Å²) in [5.41, 5.74) is 1.15. The molecular formula is C12H17NOS. The normalized spacial score (nSPS) is 19.9. The third kappa shape index (κ3) is 2.89. The van der Waals surface area contributed by atoms with E-state index in [4.69, 9.17) is 0 Å². The minimum atomic E-state index is -1.05. The summed E-state index contributed by atoms with van der Waals surface area (Å²) in [5.74, 6) is 0.735. The molecule has 2 atom stereocenters. The molecule has 1 aromatic carbocycles. The summed E-state index contributed by atoms with van der Waals surface area (Å²) >= 11 is 0. The van der Waals surface area contributed by atoms with Gasteiger partial charge in [0, 0.05) is 6.04 Å². The molecule has 2 nitrogen and oxygen atoms in total. The van der Waals surface area contributed by atoms with Gasteiger partial charge in [0.15, 0.2) is 0 Å². The van der Waals surface area contributed by atoms with Crippen molar-refractivity contribution >= 4 is 11.0 Å². The maximum atomic E-state index is 11.9. The van der Waals surface area contributed by atoms with Crippen LogP contribution in [0, 0.1) is 12.8 Å². The van der Waals surface area contributed by atoms with Gasteiger partial charge in [0.2, 0.25) is 0 Å². The zero-order chi connectivity index (χ0) is 10.8. The molecule has 1 saturated carbocycles. The maximum absolute atomic E-state index is 11.9. The number of hydrogen-bond donors (Lipinski definition) is 1. The van der Waals surface area contributed by atoms with E-state index in [1.165, 1.54) is 12.8 Å². The van der Waals surface area contributed by atoms with Gasteiger partial charge in [0.05, 0.1) is 4.90 Å². The average molecular weight is 223 g/mol. The quantitative estimate of drug-likeness (QED) is 0.834. The minimum absolute atomic E-state index is 0.367. The maximum Gasteiger partial charge on any atom is 0.125 e. The molecule has 0 amide bonds. The molecule has 0 heterocycles. The van der Waals surface area contributed by atoms with Crippen LogP contribution in [0.5, 0.6) is 0 Å². The van der Waals surface area contributed by atoms with E-state index < -0.39 is 11.0 Å². The zero-order valence-electron chi connectivity index (χ0n) is 9.19. The first-order valence-electron chi connectivity index (χ1n) is 5.41. The summed E-state index contributed by atoms with van der Waals surface area (Å²) in [4.78, 5) is 0.877. The Labute approximate surface area is 93.7 Å². The second-order valence-electron chi connectivity index (χ2n) is 4.33. The van der Waals surface area contributed by atoms with Crippen molar-refractivity contribution in [3.8, 4) is 0 Å². The Morgan fingerprint density at radius 2 is 2.20 bits per heavy atom. The molecule has 1 aliphatic rings. The number of benzene rings is 1. The van der Waals surface area contributed by atoms with Crippen LogP contribution in [-0.2, 0) is 11.0 Å². The second kappa shape index (κ2) is 4.45. The van der Waals surface area contributed by atoms with E-state index in [1.807, 2.05) is 31.2 Å². The largest absolute Gasteiger partial charge is 0.237 e.